The van der Waals surface area contributed by atoms with E-state index in [4.69, 9.17) is 39.5 Å². The zero-order valence-electron chi connectivity index (χ0n) is 15.1. The van der Waals surface area contributed by atoms with E-state index in [2.05, 4.69) is 5.32 Å². The first kappa shape index (κ1) is 21.6. The van der Waals surface area contributed by atoms with Gasteiger partial charge in [0.2, 0.25) is 11.8 Å². The minimum Gasteiger partial charge on any atom is -0.456 e. The first-order valence-corrected chi connectivity index (χ1v) is 10.0. The zero-order chi connectivity index (χ0) is 21.1. The van der Waals surface area contributed by atoms with E-state index in [0.29, 0.717) is 17.9 Å². The van der Waals surface area contributed by atoms with Gasteiger partial charge in [-0.15, -0.1) is 0 Å². The van der Waals surface area contributed by atoms with E-state index in [-0.39, 0.29) is 52.3 Å². The van der Waals surface area contributed by atoms with Crippen molar-refractivity contribution in [3.8, 4) is 0 Å². The number of nitrogens with one attached hydrogen (secondary N) is 1. The number of allylic oxidation sites excluding steroid dienone is 2. The quantitative estimate of drug-likeness (QED) is 0.399. The maximum atomic E-state index is 12.3. The SMILES string of the molecule is O=C(COC(=O)CCN1C(=O)C2CC=CCC2C1=O)Nc1c(Cl)cc(Cl)cc1Cl. The first-order chi connectivity index (χ1) is 13.8. The van der Waals surface area contributed by atoms with Crippen molar-refractivity contribution in [2.45, 2.75) is 19.3 Å². The first-order valence-electron chi connectivity index (χ1n) is 8.88. The van der Waals surface area contributed by atoms with E-state index in [1.807, 2.05) is 12.2 Å². The third-order valence-corrected chi connectivity index (χ3v) is 5.59. The van der Waals surface area contributed by atoms with Crippen LogP contribution in [-0.4, -0.2) is 41.7 Å². The number of esters is 1. The van der Waals surface area contributed by atoms with Gasteiger partial charge < -0.3 is 10.1 Å². The van der Waals surface area contributed by atoms with E-state index in [0.717, 1.165) is 4.90 Å². The van der Waals surface area contributed by atoms with Crippen LogP contribution >= 0.6 is 34.8 Å². The molecule has 1 aromatic rings. The molecule has 1 N–H and O–H groups in total. The van der Waals surface area contributed by atoms with E-state index < -0.39 is 18.5 Å². The van der Waals surface area contributed by atoms with Crippen LogP contribution < -0.4 is 5.32 Å². The smallest absolute Gasteiger partial charge is 0.308 e. The summed E-state index contributed by atoms with van der Waals surface area (Å²) in [5, 5.41) is 3.04. The molecule has 1 aliphatic heterocycles. The maximum Gasteiger partial charge on any atom is 0.308 e. The molecule has 0 aromatic heterocycles. The number of halogens is 3. The summed E-state index contributed by atoms with van der Waals surface area (Å²) in [7, 11) is 0. The standard InChI is InChI=1S/C19H17Cl3N2O5/c20-10-7-13(21)17(14(22)8-10)23-15(25)9-29-16(26)5-6-24-18(27)11-3-1-2-4-12(11)19(24)28/h1-2,7-8,11-12H,3-6,9H2,(H,23,25). The molecule has 1 fully saturated rings. The second kappa shape index (κ2) is 9.15. The van der Waals surface area contributed by atoms with Gasteiger partial charge in [-0.3, -0.25) is 24.1 Å². The molecule has 3 rings (SSSR count). The normalized spacial score (nSPS) is 20.6. The summed E-state index contributed by atoms with van der Waals surface area (Å²) in [6.45, 7) is -0.634. The number of nitrogens with zero attached hydrogens (tertiary/aromatic N) is 1. The Morgan fingerprint density at radius 3 is 2.14 bits per heavy atom. The lowest BCUT2D eigenvalue weighted by Crippen LogP contribution is -2.33. The number of benzene rings is 1. The van der Waals surface area contributed by atoms with Crippen LogP contribution in [0.5, 0.6) is 0 Å². The Bertz CT molecular complexity index is 853. The molecule has 29 heavy (non-hydrogen) atoms. The van der Waals surface area contributed by atoms with Gasteiger partial charge in [-0.1, -0.05) is 47.0 Å². The summed E-state index contributed by atoms with van der Waals surface area (Å²) in [5.41, 5.74) is 0.156. The maximum absolute atomic E-state index is 12.3. The summed E-state index contributed by atoms with van der Waals surface area (Å²) in [4.78, 5) is 49.7. The second-order valence-electron chi connectivity index (χ2n) is 6.69. The van der Waals surface area contributed by atoms with Gasteiger partial charge >= 0.3 is 5.97 Å². The van der Waals surface area contributed by atoms with E-state index in [1.165, 1.54) is 12.1 Å². The Balaban J connectivity index is 1.46. The fourth-order valence-electron chi connectivity index (χ4n) is 3.35. The summed E-state index contributed by atoms with van der Waals surface area (Å²) in [6, 6.07) is 2.82. The Kier molecular flexibility index (Phi) is 6.82. The van der Waals surface area contributed by atoms with E-state index in [1.54, 1.807) is 0 Å². The van der Waals surface area contributed by atoms with Crippen molar-refractivity contribution in [1.29, 1.82) is 0 Å². The third kappa shape index (κ3) is 4.91. The van der Waals surface area contributed by atoms with Crippen molar-refractivity contribution in [2.75, 3.05) is 18.5 Å². The molecule has 1 heterocycles. The summed E-state index contributed by atoms with van der Waals surface area (Å²) >= 11 is 17.8. The largest absolute Gasteiger partial charge is 0.456 e. The van der Waals surface area contributed by atoms with Crippen LogP contribution in [0.2, 0.25) is 15.1 Å². The number of carbonyl (C=O) groups is 4. The van der Waals surface area contributed by atoms with Gasteiger partial charge in [-0.25, -0.2) is 0 Å². The van der Waals surface area contributed by atoms with Crippen LogP contribution in [0.3, 0.4) is 0 Å². The van der Waals surface area contributed by atoms with Gasteiger partial charge in [0.15, 0.2) is 6.61 Å². The average Bonchev–Trinajstić information content (AvgIpc) is 2.92. The highest BCUT2D eigenvalue weighted by Crippen LogP contribution is 2.35. The van der Waals surface area contributed by atoms with Crippen LogP contribution in [0.4, 0.5) is 5.69 Å². The van der Waals surface area contributed by atoms with E-state index in [9.17, 15) is 19.2 Å². The number of anilines is 1. The second-order valence-corrected chi connectivity index (χ2v) is 7.94. The highest BCUT2D eigenvalue weighted by atomic mass is 35.5. The average molecular weight is 460 g/mol. The highest BCUT2D eigenvalue weighted by molar-refractivity contribution is 6.42. The van der Waals surface area contributed by atoms with Gasteiger partial charge in [0.25, 0.3) is 5.91 Å². The number of hydrogen-bond acceptors (Lipinski definition) is 5. The van der Waals surface area contributed by atoms with Crippen LogP contribution in [0.25, 0.3) is 0 Å². The van der Waals surface area contributed by atoms with E-state index >= 15 is 0 Å². The molecule has 154 valence electrons. The van der Waals surface area contributed by atoms with Crippen LogP contribution in [-0.2, 0) is 23.9 Å². The van der Waals surface area contributed by atoms with Crippen molar-refractivity contribution in [1.82, 2.24) is 4.90 Å². The number of ether oxygens (including phenoxy) is 1. The molecule has 2 unspecified atom stereocenters. The molecule has 1 saturated heterocycles. The molecule has 1 aromatic carbocycles. The third-order valence-electron chi connectivity index (χ3n) is 4.77. The highest BCUT2D eigenvalue weighted by Gasteiger charge is 2.46. The molecule has 0 radical (unpaired) electrons. The molecule has 10 heteroatoms. The zero-order valence-corrected chi connectivity index (χ0v) is 17.4. The number of hydrogen-bond donors (Lipinski definition) is 1. The van der Waals surface area contributed by atoms with Crippen LogP contribution in [0, 0.1) is 11.8 Å². The Morgan fingerprint density at radius 1 is 1.03 bits per heavy atom. The fourth-order valence-corrected chi connectivity index (χ4v) is 4.26. The van der Waals surface area contributed by atoms with Gasteiger partial charge in [0.1, 0.15) is 0 Å². The topological polar surface area (TPSA) is 92.8 Å². The summed E-state index contributed by atoms with van der Waals surface area (Å²) in [5.74, 6) is -2.56. The number of carbonyl (C=O) groups excluding carboxylic acids is 4. The molecular weight excluding hydrogens is 443 g/mol. The van der Waals surface area contributed by atoms with Gasteiger partial charge in [-0.05, 0) is 25.0 Å². The van der Waals surface area contributed by atoms with Crippen molar-refractivity contribution >= 4 is 64.2 Å². The Hall–Kier alpha value is -2.09. The predicted molar refractivity (Wildman–Crippen MR) is 108 cm³/mol. The number of likely N-dealkylation sites (tertiary alicyclic amines) is 1. The molecule has 2 atom stereocenters. The lowest BCUT2D eigenvalue weighted by molar-refractivity contribution is -0.148. The Labute approximate surface area is 181 Å². The monoisotopic (exact) mass is 458 g/mol. The number of imide groups is 1. The van der Waals surface area contributed by atoms with Crippen LogP contribution in [0.15, 0.2) is 24.3 Å². The summed E-state index contributed by atoms with van der Waals surface area (Å²) < 4.78 is 4.90. The number of rotatable bonds is 6. The van der Waals surface area contributed by atoms with Crippen molar-refractivity contribution < 1.29 is 23.9 Å². The summed E-state index contributed by atoms with van der Waals surface area (Å²) in [6.07, 6.45) is 4.66. The molecule has 0 bridgehead atoms. The Morgan fingerprint density at radius 2 is 1.59 bits per heavy atom. The molecule has 7 nitrogen and oxygen atoms in total. The number of fused-ring (bicyclic) bond motifs is 1. The van der Waals surface area contributed by atoms with Crippen molar-refractivity contribution in [3.63, 3.8) is 0 Å². The molecule has 1 aliphatic carbocycles. The molecular formula is C19H17Cl3N2O5. The molecule has 0 saturated carbocycles. The van der Waals surface area contributed by atoms with Gasteiger partial charge in [0.05, 0.1) is 34.0 Å². The molecule has 0 spiro atoms. The minimum atomic E-state index is -0.706. The predicted octanol–water partition coefficient (Wildman–Crippen LogP) is 3.47. The van der Waals surface area contributed by atoms with Crippen molar-refractivity contribution in [3.05, 3.63) is 39.4 Å². The van der Waals surface area contributed by atoms with Gasteiger partial charge in [-0.2, -0.15) is 0 Å². The van der Waals surface area contributed by atoms with Gasteiger partial charge in [0, 0.05) is 11.6 Å². The molecule has 2 aliphatic rings. The molecule has 3 amide bonds. The fraction of sp³-hybridized carbons (Fsp3) is 0.368. The lowest BCUT2D eigenvalue weighted by atomic mass is 9.85. The van der Waals surface area contributed by atoms with Crippen molar-refractivity contribution in [2.24, 2.45) is 11.8 Å². The van der Waals surface area contributed by atoms with Crippen LogP contribution in [0.1, 0.15) is 19.3 Å². The lowest BCUT2D eigenvalue weighted by Gasteiger charge is -2.14. The minimum absolute atomic E-state index is 0.0695. The number of amides is 3.